The summed E-state index contributed by atoms with van der Waals surface area (Å²) in [6, 6.07) is 0. The Morgan fingerprint density at radius 1 is 1.50 bits per heavy atom. The molecule has 5 heteroatoms. The van der Waals surface area contributed by atoms with E-state index < -0.39 is 5.91 Å². The third kappa shape index (κ3) is 13.0. The zero-order chi connectivity index (χ0) is 11.6. The van der Waals surface area contributed by atoms with E-state index in [2.05, 4.69) is 23.6 Å². The molecule has 0 aromatic heterocycles. The quantitative estimate of drug-likeness (QED) is 0.482. The predicted molar refractivity (Wildman–Crippen MR) is 54.2 cm³/mol. The van der Waals surface area contributed by atoms with Gasteiger partial charge in [-0.05, 0) is 13.0 Å². The normalized spacial score (nSPS) is 7.86. The summed E-state index contributed by atoms with van der Waals surface area (Å²) in [5.41, 5.74) is 10.0. The summed E-state index contributed by atoms with van der Waals surface area (Å²) >= 11 is 0. The molecule has 0 aromatic carbocycles. The van der Waals surface area contributed by atoms with Crippen molar-refractivity contribution in [1.29, 1.82) is 0 Å². The maximum Gasteiger partial charge on any atom is 0.333 e. The maximum absolute atomic E-state index is 10.5. The molecule has 0 spiro atoms. The van der Waals surface area contributed by atoms with Gasteiger partial charge in [0.2, 0.25) is 5.91 Å². The van der Waals surface area contributed by atoms with E-state index in [1.165, 1.54) is 0 Å². The number of rotatable bonds is 4. The van der Waals surface area contributed by atoms with Crippen LogP contribution in [0.3, 0.4) is 0 Å². The van der Waals surface area contributed by atoms with Crippen molar-refractivity contribution in [2.24, 2.45) is 11.5 Å². The highest BCUT2D eigenvalue weighted by Crippen LogP contribution is 1.89. The lowest BCUT2D eigenvalue weighted by Gasteiger charge is -1.99. The van der Waals surface area contributed by atoms with E-state index in [4.69, 9.17) is 5.73 Å². The van der Waals surface area contributed by atoms with Crippen molar-refractivity contribution in [3.63, 3.8) is 0 Å². The van der Waals surface area contributed by atoms with Crippen LogP contribution in [0.1, 0.15) is 6.92 Å². The maximum atomic E-state index is 10.5. The molecule has 1 amide bonds. The monoisotopic (exact) mass is 200 g/mol. The van der Waals surface area contributed by atoms with Crippen molar-refractivity contribution < 1.29 is 14.3 Å². The van der Waals surface area contributed by atoms with Crippen molar-refractivity contribution >= 4 is 11.9 Å². The van der Waals surface area contributed by atoms with Crippen LogP contribution >= 0.6 is 0 Å². The van der Waals surface area contributed by atoms with Gasteiger partial charge in [0.15, 0.2) is 0 Å². The second kappa shape index (κ2) is 9.47. The van der Waals surface area contributed by atoms with Crippen LogP contribution in [-0.4, -0.2) is 25.0 Å². The third-order valence-electron chi connectivity index (χ3n) is 0.901. The van der Waals surface area contributed by atoms with Gasteiger partial charge in [-0.25, -0.2) is 4.79 Å². The lowest BCUT2D eigenvalue weighted by molar-refractivity contribution is -0.138. The van der Waals surface area contributed by atoms with Gasteiger partial charge in [0, 0.05) is 12.1 Å². The SMILES string of the molecule is C=C(C)C(=O)OCCN.C=CC(N)=O. The van der Waals surface area contributed by atoms with Crippen molar-refractivity contribution in [3.05, 3.63) is 24.8 Å². The summed E-state index contributed by atoms with van der Waals surface area (Å²) in [5.74, 6) is -0.856. The largest absolute Gasteiger partial charge is 0.461 e. The molecule has 0 saturated carbocycles. The highest BCUT2D eigenvalue weighted by molar-refractivity contribution is 5.86. The number of ether oxygens (including phenoxy) is 1. The Labute approximate surface area is 83.4 Å². The molecule has 4 N–H and O–H groups in total. The van der Waals surface area contributed by atoms with Crippen molar-refractivity contribution in [3.8, 4) is 0 Å². The first-order chi connectivity index (χ1) is 6.45. The van der Waals surface area contributed by atoms with Crippen LogP contribution in [0.4, 0.5) is 0 Å². The Bertz CT molecular complexity index is 224. The molecule has 0 saturated heterocycles. The second-order valence-electron chi connectivity index (χ2n) is 2.31. The molecule has 0 aliphatic carbocycles. The molecule has 0 fully saturated rings. The highest BCUT2D eigenvalue weighted by atomic mass is 16.5. The van der Waals surface area contributed by atoms with Gasteiger partial charge in [0.05, 0.1) is 0 Å². The number of hydrogen-bond acceptors (Lipinski definition) is 4. The number of carbonyl (C=O) groups is 2. The minimum absolute atomic E-state index is 0.270. The van der Waals surface area contributed by atoms with Crippen molar-refractivity contribution in [2.75, 3.05) is 13.2 Å². The average molecular weight is 200 g/mol. The van der Waals surface area contributed by atoms with Crippen molar-refractivity contribution in [1.82, 2.24) is 0 Å². The average Bonchev–Trinajstić information content (AvgIpc) is 2.14. The van der Waals surface area contributed by atoms with Gasteiger partial charge >= 0.3 is 5.97 Å². The molecule has 80 valence electrons. The van der Waals surface area contributed by atoms with Gasteiger partial charge < -0.3 is 16.2 Å². The van der Waals surface area contributed by atoms with E-state index in [0.717, 1.165) is 6.08 Å². The Kier molecular flexibility index (Phi) is 10.1. The molecule has 0 aromatic rings. The van der Waals surface area contributed by atoms with Gasteiger partial charge in [0.25, 0.3) is 0 Å². The van der Waals surface area contributed by atoms with Crippen LogP contribution in [0.5, 0.6) is 0 Å². The number of amides is 1. The number of hydrogen-bond donors (Lipinski definition) is 2. The van der Waals surface area contributed by atoms with E-state index in [1.54, 1.807) is 6.92 Å². The number of esters is 1. The molecule has 5 nitrogen and oxygen atoms in total. The van der Waals surface area contributed by atoms with Crippen LogP contribution in [0.25, 0.3) is 0 Å². The molecule has 0 rings (SSSR count). The molecule has 0 aliphatic rings. The molecule has 14 heavy (non-hydrogen) atoms. The summed E-state index contributed by atoms with van der Waals surface area (Å²) in [4.78, 5) is 20.0. The lowest BCUT2D eigenvalue weighted by atomic mass is 10.4. The first-order valence-electron chi connectivity index (χ1n) is 3.90. The van der Waals surface area contributed by atoms with Crippen LogP contribution < -0.4 is 11.5 Å². The van der Waals surface area contributed by atoms with Gasteiger partial charge in [-0.2, -0.15) is 0 Å². The van der Waals surface area contributed by atoms with E-state index in [0.29, 0.717) is 12.1 Å². The number of primary amides is 1. The number of nitrogens with two attached hydrogens (primary N) is 2. The van der Waals surface area contributed by atoms with E-state index in [1.807, 2.05) is 0 Å². The van der Waals surface area contributed by atoms with Gasteiger partial charge in [-0.3, -0.25) is 4.79 Å². The predicted octanol–water partition coefficient (Wildman–Crippen LogP) is -0.278. The first kappa shape index (κ1) is 14.9. The fourth-order valence-corrected chi connectivity index (χ4v) is 0.275. The van der Waals surface area contributed by atoms with Gasteiger partial charge in [-0.15, -0.1) is 0 Å². The Hall–Kier alpha value is -1.62. The molecule has 0 atom stereocenters. The standard InChI is InChI=1S/C6H11NO2.C3H5NO/c1-5(2)6(8)9-4-3-7;1-2-3(4)5/h1,3-4,7H2,2H3;2H,1H2,(H2,4,5). The Morgan fingerprint density at radius 3 is 2.14 bits per heavy atom. The second-order valence-corrected chi connectivity index (χ2v) is 2.31. The summed E-state index contributed by atoms with van der Waals surface area (Å²) in [6.07, 6.45) is 1.06. The van der Waals surface area contributed by atoms with E-state index in [9.17, 15) is 9.59 Å². The molecule has 0 heterocycles. The van der Waals surface area contributed by atoms with Crippen molar-refractivity contribution in [2.45, 2.75) is 6.92 Å². The van der Waals surface area contributed by atoms with Crippen LogP contribution in [0.2, 0.25) is 0 Å². The van der Waals surface area contributed by atoms with E-state index in [-0.39, 0.29) is 12.6 Å². The van der Waals surface area contributed by atoms with E-state index >= 15 is 0 Å². The van der Waals surface area contributed by atoms with Crippen LogP contribution in [0, 0.1) is 0 Å². The molecule has 0 bridgehead atoms. The zero-order valence-electron chi connectivity index (χ0n) is 8.29. The molecule has 0 aliphatic heterocycles. The smallest absolute Gasteiger partial charge is 0.333 e. The fourth-order valence-electron chi connectivity index (χ4n) is 0.275. The highest BCUT2D eigenvalue weighted by Gasteiger charge is 1.99. The topological polar surface area (TPSA) is 95.4 Å². The zero-order valence-corrected chi connectivity index (χ0v) is 8.29. The van der Waals surface area contributed by atoms with Crippen LogP contribution in [-0.2, 0) is 14.3 Å². The molecular formula is C9H16N2O3. The summed E-state index contributed by atoms with van der Waals surface area (Å²) in [6.45, 7) is 8.70. The summed E-state index contributed by atoms with van der Waals surface area (Å²) < 4.78 is 4.59. The first-order valence-corrected chi connectivity index (χ1v) is 3.90. The fraction of sp³-hybridized carbons (Fsp3) is 0.333. The molecular weight excluding hydrogens is 184 g/mol. The summed E-state index contributed by atoms with van der Waals surface area (Å²) in [7, 11) is 0. The minimum Gasteiger partial charge on any atom is -0.461 e. The van der Waals surface area contributed by atoms with Crippen LogP contribution in [0.15, 0.2) is 24.8 Å². The van der Waals surface area contributed by atoms with Gasteiger partial charge in [-0.1, -0.05) is 13.2 Å². The van der Waals surface area contributed by atoms with Gasteiger partial charge in [0.1, 0.15) is 6.61 Å². The minimum atomic E-state index is -0.481. The molecule has 0 radical (unpaired) electrons. The third-order valence-corrected chi connectivity index (χ3v) is 0.901. The Balaban J connectivity index is 0. The lowest BCUT2D eigenvalue weighted by Crippen LogP contribution is -2.13. The Morgan fingerprint density at radius 2 is 1.93 bits per heavy atom. The number of carbonyl (C=O) groups excluding carboxylic acids is 2. The summed E-state index contributed by atoms with van der Waals surface area (Å²) in [5, 5.41) is 0. The molecule has 0 unspecified atom stereocenters.